The summed E-state index contributed by atoms with van der Waals surface area (Å²) in [6.07, 6.45) is 1.89. The van der Waals surface area contributed by atoms with E-state index < -0.39 is 0 Å². The van der Waals surface area contributed by atoms with Gasteiger partial charge in [0.1, 0.15) is 0 Å². The minimum atomic E-state index is 0.129. The van der Waals surface area contributed by atoms with E-state index in [1.54, 1.807) is 0 Å². The first kappa shape index (κ1) is 17.6. The van der Waals surface area contributed by atoms with Crippen LogP contribution in [0.25, 0.3) is 11.4 Å². The van der Waals surface area contributed by atoms with Gasteiger partial charge in [-0.05, 0) is 20.3 Å². The normalized spacial score (nSPS) is 17.0. The molecule has 1 aliphatic heterocycles. The molecule has 0 saturated carbocycles. The molecule has 1 fully saturated rings. The molecule has 6 heteroatoms. The van der Waals surface area contributed by atoms with Crippen LogP contribution in [0.5, 0.6) is 0 Å². The van der Waals surface area contributed by atoms with Gasteiger partial charge in [0.15, 0.2) is 0 Å². The average Bonchev–Trinajstić information content (AvgIpc) is 3.30. The van der Waals surface area contributed by atoms with Crippen molar-refractivity contribution in [2.75, 3.05) is 26.3 Å². The third-order valence-corrected chi connectivity index (χ3v) is 4.57. The second kappa shape index (κ2) is 8.25. The van der Waals surface area contributed by atoms with Crippen molar-refractivity contribution in [1.82, 2.24) is 15.0 Å². The van der Waals surface area contributed by atoms with Gasteiger partial charge in [-0.25, -0.2) is 0 Å². The molecule has 2 aromatic rings. The van der Waals surface area contributed by atoms with Crippen molar-refractivity contribution in [1.29, 1.82) is 0 Å². The second-order valence-electron chi connectivity index (χ2n) is 6.54. The smallest absolute Gasteiger partial charge is 0.227 e. The Morgan fingerprint density at radius 1 is 1.32 bits per heavy atom. The second-order valence-corrected chi connectivity index (χ2v) is 6.54. The SMILES string of the molecule is CCN(C[C@@H]1CCOC1)C(=O)CCc1nc(-c2ccc(C)cc2)no1. The average molecular weight is 343 g/mol. The highest BCUT2D eigenvalue weighted by molar-refractivity contribution is 5.76. The summed E-state index contributed by atoms with van der Waals surface area (Å²) < 4.78 is 10.7. The third-order valence-electron chi connectivity index (χ3n) is 4.57. The van der Waals surface area contributed by atoms with Crippen LogP contribution in [-0.4, -0.2) is 47.3 Å². The predicted molar refractivity (Wildman–Crippen MR) is 94.0 cm³/mol. The number of amides is 1. The molecule has 1 amide bonds. The molecule has 0 N–H and O–H groups in total. The van der Waals surface area contributed by atoms with Gasteiger partial charge in [0.25, 0.3) is 0 Å². The number of hydrogen-bond acceptors (Lipinski definition) is 5. The van der Waals surface area contributed by atoms with Crippen molar-refractivity contribution in [3.8, 4) is 11.4 Å². The third kappa shape index (κ3) is 4.66. The molecular formula is C19H25N3O3. The van der Waals surface area contributed by atoms with Gasteiger partial charge in [-0.15, -0.1) is 0 Å². The highest BCUT2D eigenvalue weighted by atomic mass is 16.5. The summed E-state index contributed by atoms with van der Waals surface area (Å²) >= 11 is 0. The zero-order chi connectivity index (χ0) is 17.6. The first-order chi connectivity index (χ1) is 12.2. The minimum absolute atomic E-state index is 0.129. The lowest BCUT2D eigenvalue weighted by Crippen LogP contribution is -2.35. The van der Waals surface area contributed by atoms with Crippen molar-refractivity contribution in [2.45, 2.75) is 33.1 Å². The maximum atomic E-state index is 12.4. The van der Waals surface area contributed by atoms with Gasteiger partial charge in [0.2, 0.25) is 17.6 Å². The summed E-state index contributed by atoms with van der Waals surface area (Å²) in [6.45, 7) is 7.10. The largest absolute Gasteiger partial charge is 0.381 e. The molecule has 134 valence electrons. The lowest BCUT2D eigenvalue weighted by molar-refractivity contribution is -0.131. The number of nitrogens with zero attached hydrogens (tertiary/aromatic N) is 3. The van der Waals surface area contributed by atoms with E-state index in [0.717, 1.165) is 31.7 Å². The lowest BCUT2D eigenvalue weighted by Gasteiger charge is -2.23. The molecule has 1 aromatic heterocycles. The molecule has 1 aliphatic rings. The summed E-state index contributed by atoms with van der Waals surface area (Å²) in [5.74, 6) is 1.66. The number of benzene rings is 1. The molecule has 2 heterocycles. The molecule has 1 atom stereocenters. The summed E-state index contributed by atoms with van der Waals surface area (Å²) in [7, 11) is 0. The number of carbonyl (C=O) groups excluding carboxylic acids is 1. The molecule has 1 aromatic carbocycles. The van der Waals surface area contributed by atoms with Crippen LogP contribution in [0.3, 0.4) is 0 Å². The number of carbonyl (C=O) groups is 1. The highest BCUT2D eigenvalue weighted by Crippen LogP contribution is 2.18. The maximum Gasteiger partial charge on any atom is 0.227 e. The van der Waals surface area contributed by atoms with Gasteiger partial charge in [-0.1, -0.05) is 35.0 Å². The molecule has 0 aliphatic carbocycles. The molecule has 6 nitrogen and oxygen atoms in total. The number of hydrogen-bond donors (Lipinski definition) is 0. The van der Waals surface area contributed by atoms with Crippen LogP contribution in [0.1, 0.15) is 31.2 Å². The molecule has 25 heavy (non-hydrogen) atoms. The van der Waals surface area contributed by atoms with Crippen LogP contribution in [0, 0.1) is 12.8 Å². The standard InChI is InChI=1S/C19H25N3O3/c1-3-22(12-15-10-11-24-13-15)18(23)9-8-17-20-19(21-25-17)16-6-4-14(2)5-7-16/h4-7,15H,3,8-13H2,1-2H3/t15-/m0/s1. The zero-order valence-corrected chi connectivity index (χ0v) is 14.9. The van der Waals surface area contributed by atoms with Crippen molar-refractivity contribution in [3.05, 3.63) is 35.7 Å². The monoisotopic (exact) mass is 343 g/mol. The quantitative estimate of drug-likeness (QED) is 0.773. The Kier molecular flexibility index (Phi) is 5.81. The lowest BCUT2D eigenvalue weighted by atomic mass is 10.1. The number of ether oxygens (including phenoxy) is 1. The summed E-state index contributed by atoms with van der Waals surface area (Å²) in [4.78, 5) is 18.7. The van der Waals surface area contributed by atoms with Crippen molar-refractivity contribution >= 4 is 5.91 Å². The first-order valence-corrected chi connectivity index (χ1v) is 8.91. The maximum absolute atomic E-state index is 12.4. The highest BCUT2D eigenvalue weighted by Gasteiger charge is 2.22. The van der Waals surface area contributed by atoms with E-state index in [4.69, 9.17) is 9.26 Å². The van der Waals surface area contributed by atoms with Gasteiger partial charge < -0.3 is 14.2 Å². The Morgan fingerprint density at radius 3 is 2.80 bits per heavy atom. The van der Waals surface area contributed by atoms with Crippen LogP contribution in [0.15, 0.2) is 28.8 Å². The topological polar surface area (TPSA) is 68.5 Å². The molecule has 1 saturated heterocycles. The van der Waals surface area contributed by atoms with Crippen molar-refractivity contribution in [2.24, 2.45) is 5.92 Å². The van der Waals surface area contributed by atoms with Crippen LogP contribution < -0.4 is 0 Å². The van der Waals surface area contributed by atoms with Crippen LogP contribution in [0.2, 0.25) is 0 Å². The molecule has 0 radical (unpaired) electrons. The molecule has 0 unspecified atom stereocenters. The van der Waals surface area contributed by atoms with Gasteiger partial charge in [-0.3, -0.25) is 4.79 Å². The van der Waals surface area contributed by atoms with E-state index in [1.165, 1.54) is 5.56 Å². The Morgan fingerprint density at radius 2 is 2.12 bits per heavy atom. The molecule has 0 spiro atoms. The fraction of sp³-hybridized carbons (Fsp3) is 0.526. The summed E-state index contributed by atoms with van der Waals surface area (Å²) in [5, 5.41) is 4.01. The fourth-order valence-corrected chi connectivity index (χ4v) is 2.99. The van der Waals surface area contributed by atoms with Gasteiger partial charge >= 0.3 is 0 Å². The Bertz CT molecular complexity index is 690. The zero-order valence-electron chi connectivity index (χ0n) is 14.9. The van der Waals surface area contributed by atoms with Crippen LogP contribution in [0.4, 0.5) is 0 Å². The molecular weight excluding hydrogens is 318 g/mol. The van der Waals surface area contributed by atoms with Crippen molar-refractivity contribution < 1.29 is 14.1 Å². The number of aromatic nitrogens is 2. The minimum Gasteiger partial charge on any atom is -0.381 e. The summed E-state index contributed by atoms with van der Waals surface area (Å²) in [6, 6.07) is 7.97. The number of aryl methyl sites for hydroxylation is 2. The Balaban J connectivity index is 1.53. The number of rotatable bonds is 7. The Hall–Kier alpha value is -2.21. The molecule has 3 rings (SSSR count). The van der Waals surface area contributed by atoms with Gasteiger partial charge in [0, 0.05) is 44.0 Å². The van der Waals surface area contributed by atoms with Crippen LogP contribution >= 0.6 is 0 Å². The van der Waals surface area contributed by atoms with Crippen LogP contribution in [-0.2, 0) is 16.0 Å². The summed E-state index contributed by atoms with van der Waals surface area (Å²) in [5.41, 5.74) is 2.11. The van der Waals surface area contributed by atoms with Crippen molar-refractivity contribution in [3.63, 3.8) is 0 Å². The first-order valence-electron chi connectivity index (χ1n) is 8.91. The van der Waals surface area contributed by atoms with E-state index in [-0.39, 0.29) is 5.91 Å². The van der Waals surface area contributed by atoms with E-state index in [2.05, 4.69) is 10.1 Å². The fourth-order valence-electron chi connectivity index (χ4n) is 2.99. The van der Waals surface area contributed by atoms with Gasteiger partial charge in [0.05, 0.1) is 6.61 Å². The van der Waals surface area contributed by atoms with E-state index in [1.807, 2.05) is 43.0 Å². The Labute approximate surface area is 148 Å². The molecule has 0 bridgehead atoms. The predicted octanol–water partition coefficient (Wildman–Crippen LogP) is 2.86. The van der Waals surface area contributed by atoms with E-state index in [0.29, 0.717) is 37.0 Å². The van der Waals surface area contributed by atoms with Gasteiger partial charge in [-0.2, -0.15) is 4.98 Å². The van der Waals surface area contributed by atoms with E-state index >= 15 is 0 Å². The van der Waals surface area contributed by atoms with E-state index in [9.17, 15) is 4.79 Å².